The highest BCUT2D eigenvalue weighted by molar-refractivity contribution is 8.00. The highest BCUT2D eigenvalue weighted by Crippen LogP contribution is 2.32. The van der Waals surface area contributed by atoms with E-state index in [4.69, 9.17) is 10.5 Å². The van der Waals surface area contributed by atoms with Gasteiger partial charge in [0.05, 0.1) is 6.10 Å². The third kappa shape index (κ3) is 8.63. The molecule has 34 heavy (non-hydrogen) atoms. The van der Waals surface area contributed by atoms with Crippen molar-refractivity contribution in [2.24, 2.45) is 11.7 Å². The summed E-state index contributed by atoms with van der Waals surface area (Å²) in [5.74, 6) is 1.03. The van der Waals surface area contributed by atoms with Crippen molar-refractivity contribution in [3.63, 3.8) is 0 Å². The van der Waals surface area contributed by atoms with Gasteiger partial charge in [-0.05, 0) is 84.3 Å². The zero-order valence-corrected chi connectivity index (χ0v) is 22.5. The molecule has 2 atom stereocenters. The van der Waals surface area contributed by atoms with E-state index in [9.17, 15) is 14.4 Å². The summed E-state index contributed by atoms with van der Waals surface area (Å²) in [4.78, 5) is 41.0. The molecular formula is C25H46N4O4S. The van der Waals surface area contributed by atoms with Crippen LogP contribution in [0.3, 0.4) is 0 Å². The molecule has 1 aliphatic carbocycles. The molecule has 0 spiro atoms. The molecule has 8 nitrogen and oxygen atoms in total. The number of amides is 3. The van der Waals surface area contributed by atoms with Crippen LogP contribution in [0.5, 0.6) is 0 Å². The van der Waals surface area contributed by atoms with Gasteiger partial charge in [-0.15, -0.1) is 0 Å². The molecule has 2 rings (SSSR count). The van der Waals surface area contributed by atoms with Gasteiger partial charge in [-0.3, -0.25) is 9.59 Å². The van der Waals surface area contributed by atoms with Crippen molar-refractivity contribution in [2.45, 2.75) is 115 Å². The van der Waals surface area contributed by atoms with Gasteiger partial charge < -0.3 is 26.0 Å². The SMILES string of the molecule is CCCCSC(C)(C)C(NC(=O)OC(C)C)C(=O)N1CCCC1C(=O)NCC1CCC(N)CC1. The lowest BCUT2D eigenvalue weighted by Crippen LogP contribution is -2.60. The number of unbranched alkanes of at least 4 members (excludes halogenated alkanes) is 1. The van der Waals surface area contributed by atoms with Gasteiger partial charge in [0.25, 0.3) is 0 Å². The Balaban J connectivity index is 2.07. The van der Waals surface area contributed by atoms with Crippen molar-refractivity contribution >= 4 is 29.7 Å². The zero-order valence-electron chi connectivity index (χ0n) is 21.7. The summed E-state index contributed by atoms with van der Waals surface area (Å²) in [5.41, 5.74) is 5.99. The van der Waals surface area contributed by atoms with Gasteiger partial charge in [0.15, 0.2) is 0 Å². The first-order chi connectivity index (χ1) is 16.0. The summed E-state index contributed by atoms with van der Waals surface area (Å²) in [6, 6.07) is -1.01. The molecule has 1 saturated heterocycles. The van der Waals surface area contributed by atoms with E-state index in [2.05, 4.69) is 17.6 Å². The summed E-state index contributed by atoms with van der Waals surface area (Å²) in [5, 5.41) is 5.91. The molecule has 0 radical (unpaired) electrons. The number of nitrogens with zero attached hydrogens (tertiary/aromatic N) is 1. The summed E-state index contributed by atoms with van der Waals surface area (Å²) in [6.45, 7) is 10.8. The molecule has 0 bridgehead atoms. The van der Waals surface area contributed by atoms with Crippen LogP contribution in [-0.4, -0.2) is 70.6 Å². The predicted octanol–water partition coefficient (Wildman–Crippen LogP) is 3.43. The Kier molecular flexibility index (Phi) is 11.5. The first-order valence-corrected chi connectivity index (χ1v) is 14.0. The van der Waals surface area contributed by atoms with Crippen LogP contribution in [0.1, 0.15) is 86.0 Å². The number of carbonyl (C=O) groups is 3. The lowest BCUT2D eigenvalue weighted by molar-refractivity contribution is -0.140. The number of rotatable bonds is 11. The molecule has 1 saturated carbocycles. The number of likely N-dealkylation sites (tertiary alicyclic amines) is 1. The van der Waals surface area contributed by atoms with Gasteiger partial charge in [-0.2, -0.15) is 11.8 Å². The number of hydrogen-bond acceptors (Lipinski definition) is 6. The Labute approximate surface area is 209 Å². The maximum atomic E-state index is 13.8. The van der Waals surface area contributed by atoms with Gasteiger partial charge in [0.2, 0.25) is 11.8 Å². The predicted molar refractivity (Wildman–Crippen MR) is 138 cm³/mol. The third-order valence-electron chi connectivity index (χ3n) is 6.81. The van der Waals surface area contributed by atoms with Crippen LogP contribution in [0, 0.1) is 5.92 Å². The second-order valence-electron chi connectivity index (χ2n) is 10.6. The van der Waals surface area contributed by atoms with E-state index in [-0.39, 0.29) is 24.0 Å². The summed E-state index contributed by atoms with van der Waals surface area (Å²) in [6.07, 6.45) is 6.67. The van der Waals surface area contributed by atoms with E-state index in [1.54, 1.807) is 30.5 Å². The van der Waals surface area contributed by atoms with Crippen LogP contribution >= 0.6 is 11.8 Å². The minimum atomic E-state index is -0.783. The fourth-order valence-corrected chi connectivity index (χ4v) is 5.97. The quantitative estimate of drug-likeness (QED) is 0.376. The summed E-state index contributed by atoms with van der Waals surface area (Å²) < 4.78 is 4.73. The minimum Gasteiger partial charge on any atom is -0.447 e. The first kappa shape index (κ1) is 28.8. The molecule has 9 heteroatoms. The van der Waals surface area contributed by atoms with Crippen LogP contribution in [0.4, 0.5) is 4.79 Å². The molecule has 2 fully saturated rings. The van der Waals surface area contributed by atoms with E-state index in [0.717, 1.165) is 50.7 Å². The summed E-state index contributed by atoms with van der Waals surface area (Å²) >= 11 is 1.67. The topological polar surface area (TPSA) is 114 Å². The molecule has 0 aromatic carbocycles. The highest BCUT2D eigenvalue weighted by Gasteiger charge is 2.44. The molecule has 1 heterocycles. The van der Waals surface area contributed by atoms with Gasteiger partial charge >= 0.3 is 6.09 Å². The number of alkyl carbamates (subject to hydrolysis) is 1. The number of carbonyl (C=O) groups excluding carboxylic acids is 3. The smallest absolute Gasteiger partial charge is 0.408 e. The maximum Gasteiger partial charge on any atom is 0.408 e. The largest absolute Gasteiger partial charge is 0.447 e. The van der Waals surface area contributed by atoms with E-state index in [0.29, 0.717) is 25.4 Å². The van der Waals surface area contributed by atoms with Crippen molar-refractivity contribution < 1.29 is 19.1 Å². The van der Waals surface area contributed by atoms with Gasteiger partial charge in [0, 0.05) is 23.9 Å². The monoisotopic (exact) mass is 498 g/mol. The second-order valence-corrected chi connectivity index (χ2v) is 12.3. The number of thioether (sulfide) groups is 1. The highest BCUT2D eigenvalue weighted by atomic mass is 32.2. The molecule has 196 valence electrons. The Bertz CT molecular complexity index is 680. The van der Waals surface area contributed by atoms with E-state index in [1.165, 1.54) is 0 Å². The van der Waals surface area contributed by atoms with E-state index in [1.807, 2.05) is 13.8 Å². The van der Waals surface area contributed by atoms with Crippen molar-refractivity contribution in [3.8, 4) is 0 Å². The van der Waals surface area contributed by atoms with Crippen LogP contribution in [0.2, 0.25) is 0 Å². The Morgan fingerprint density at radius 2 is 1.82 bits per heavy atom. The first-order valence-electron chi connectivity index (χ1n) is 13.0. The molecular weight excluding hydrogens is 452 g/mol. The van der Waals surface area contributed by atoms with Crippen LogP contribution in [0.15, 0.2) is 0 Å². The second kappa shape index (κ2) is 13.6. The van der Waals surface area contributed by atoms with Gasteiger partial charge in [0.1, 0.15) is 12.1 Å². The number of hydrogen-bond donors (Lipinski definition) is 3. The molecule has 2 unspecified atom stereocenters. The minimum absolute atomic E-state index is 0.0966. The van der Waals surface area contributed by atoms with Crippen LogP contribution in [-0.2, 0) is 14.3 Å². The molecule has 0 aromatic rings. The lowest BCUT2D eigenvalue weighted by atomic mass is 9.86. The molecule has 0 aromatic heterocycles. The normalized spacial score (nSPS) is 24.1. The Morgan fingerprint density at radius 1 is 1.15 bits per heavy atom. The van der Waals surface area contributed by atoms with Crippen LogP contribution in [0.25, 0.3) is 0 Å². The Morgan fingerprint density at radius 3 is 2.44 bits per heavy atom. The lowest BCUT2D eigenvalue weighted by Gasteiger charge is -2.37. The number of nitrogens with two attached hydrogens (primary N) is 1. The van der Waals surface area contributed by atoms with Crippen molar-refractivity contribution in [1.82, 2.24) is 15.5 Å². The van der Waals surface area contributed by atoms with Crippen molar-refractivity contribution in [1.29, 1.82) is 0 Å². The molecule has 2 aliphatic rings. The number of nitrogens with one attached hydrogen (secondary N) is 2. The Hall–Kier alpha value is -1.48. The maximum absolute atomic E-state index is 13.8. The fourth-order valence-electron chi connectivity index (χ4n) is 4.69. The van der Waals surface area contributed by atoms with E-state index >= 15 is 0 Å². The van der Waals surface area contributed by atoms with Crippen molar-refractivity contribution in [3.05, 3.63) is 0 Å². The molecule has 3 amide bonds. The zero-order chi connectivity index (χ0) is 25.3. The molecule has 1 aliphatic heterocycles. The fraction of sp³-hybridized carbons (Fsp3) is 0.880. The average molecular weight is 499 g/mol. The molecule has 4 N–H and O–H groups in total. The number of ether oxygens (including phenoxy) is 1. The average Bonchev–Trinajstić information content (AvgIpc) is 3.26. The van der Waals surface area contributed by atoms with E-state index < -0.39 is 22.9 Å². The van der Waals surface area contributed by atoms with Crippen LogP contribution < -0.4 is 16.4 Å². The van der Waals surface area contributed by atoms with Gasteiger partial charge in [-0.1, -0.05) is 13.3 Å². The van der Waals surface area contributed by atoms with Crippen molar-refractivity contribution in [2.75, 3.05) is 18.8 Å². The third-order valence-corrected chi connectivity index (χ3v) is 8.29. The summed E-state index contributed by atoms with van der Waals surface area (Å²) in [7, 11) is 0. The van der Waals surface area contributed by atoms with Gasteiger partial charge in [-0.25, -0.2) is 4.79 Å². The standard InChI is InChI=1S/C25H46N4O4S/c1-6-7-15-34-25(4,5)21(28-24(32)33-17(2)3)23(31)29-14-8-9-20(29)22(30)27-16-18-10-12-19(26)13-11-18/h17-21H,6-16,26H2,1-5H3,(H,27,30)(H,28,32).